The van der Waals surface area contributed by atoms with Crippen LogP contribution in [0.3, 0.4) is 0 Å². The fourth-order valence-corrected chi connectivity index (χ4v) is 1.97. The van der Waals surface area contributed by atoms with E-state index in [-0.39, 0.29) is 11.6 Å². The van der Waals surface area contributed by atoms with Crippen molar-refractivity contribution in [3.63, 3.8) is 0 Å². The number of methoxy groups -OCH3 is 1. The number of ether oxygens (including phenoxy) is 1. The van der Waals surface area contributed by atoms with E-state index in [0.717, 1.165) is 11.3 Å². The van der Waals surface area contributed by atoms with Crippen molar-refractivity contribution in [2.45, 2.75) is 6.54 Å². The number of rotatable bonds is 4. The van der Waals surface area contributed by atoms with Crippen LogP contribution < -0.4 is 10.5 Å². The number of hydrogen-bond donors (Lipinski definition) is 1. The zero-order chi connectivity index (χ0) is 15.4. The molecule has 1 amide bonds. The van der Waals surface area contributed by atoms with E-state index in [4.69, 9.17) is 10.5 Å². The maximum absolute atomic E-state index is 13.1. The minimum atomic E-state index is -0.524. The lowest BCUT2D eigenvalue weighted by Crippen LogP contribution is -2.26. The molecule has 0 unspecified atom stereocenters. The van der Waals surface area contributed by atoms with Crippen molar-refractivity contribution < 1.29 is 13.9 Å². The number of anilines is 1. The van der Waals surface area contributed by atoms with E-state index in [1.807, 2.05) is 24.3 Å². The lowest BCUT2D eigenvalue weighted by molar-refractivity contribution is 0.0785. The summed E-state index contributed by atoms with van der Waals surface area (Å²) in [6, 6.07) is 11.4. The fourth-order valence-electron chi connectivity index (χ4n) is 1.97. The summed E-state index contributed by atoms with van der Waals surface area (Å²) in [4.78, 5) is 13.8. The van der Waals surface area contributed by atoms with Gasteiger partial charge in [-0.1, -0.05) is 12.1 Å². The number of nitrogen functional groups attached to an aromatic ring is 1. The first-order valence-electron chi connectivity index (χ1n) is 6.44. The molecule has 0 aliphatic heterocycles. The van der Waals surface area contributed by atoms with Gasteiger partial charge >= 0.3 is 0 Å². The molecule has 0 heterocycles. The molecule has 4 nitrogen and oxygen atoms in total. The number of halogens is 1. The van der Waals surface area contributed by atoms with Gasteiger partial charge in [-0.15, -0.1) is 0 Å². The molecular formula is C16H17FN2O2. The Balaban J connectivity index is 2.09. The summed E-state index contributed by atoms with van der Waals surface area (Å²) in [5, 5.41) is 0. The smallest absolute Gasteiger partial charge is 0.253 e. The van der Waals surface area contributed by atoms with E-state index in [0.29, 0.717) is 12.1 Å². The predicted molar refractivity (Wildman–Crippen MR) is 79.6 cm³/mol. The van der Waals surface area contributed by atoms with Gasteiger partial charge in [0.1, 0.15) is 11.6 Å². The first-order valence-corrected chi connectivity index (χ1v) is 6.44. The molecule has 5 heteroatoms. The molecule has 0 radical (unpaired) electrons. The summed E-state index contributed by atoms with van der Waals surface area (Å²) in [6.07, 6.45) is 0. The first kappa shape index (κ1) is 14.8. The van der Waals surface area contributed by atoms with Crippen molar-refractivity contribution in [1.29, 1.82) is 0 Å². The number of benzene rings is 2. The largest absolute Gasteiger partial charge is 0.497 e. The third-order valence-corrected chi connectivity index (χ3v) is 3.17. The molecule has 0 saturated heterocycles. The van der Waals surface area contributed by atoms with Crippen LogP contribution in [0.1, 0.15) is 15.9 Å². The van der Waals surface area contributed by atoms with Gasteiger partial charge in [0.25, 0.3) is 5.91 Å². The number of carbonyl (C=O) groups is 1. The molecule has 21 heavy (non-hydrogen) atoms. The highest BCUT2D eigenvalue weighted by Crippen LogP contribution is 2.16. The Kier molecular flexibility index (Phi) is 4.42. The maximum atomic E-state index is 13.1. The van der Waals surface area contributed by atoms with Crippen LogP contribution in [0.15, 0.2) is 42.5 Å². The van der Waals surface area contributed by atoms with Crippen molar-refractivity contribution in [2.75, 3.05) is 19.9 Å². The summed E-state index contributed by atoms with van der Waals surface area (Å²) in [7, 11) is 3.29. The molecule has 2 N–H and O–H groups in total. The van der Waals surface area contributed by atoms with Crippen LogP contribution in [0.2, 0.25) is 0 Å². The van der Waals surface area contributed by atoms with Gasteiger partial charge in [0, 0.05) is 19.2 Å². The molecule has 0 aromatic heterocycles. The van der Waals surface area contributed by atoms with Crippen LogP contribution >= 0.6 is 0 Å². The summed E-state index contributed by atoms with van der Waals surface area (Å²) < 4.78 is 18.2. The quantitative estimate of drug-likeness (QED) is 0.880. The Morgan fingerprint density at radius 2 is 1.90 bits per heavy atom. The van der Waals surface area contributed by atoms with Crippen LogP contribution in [0.4, 0.5) is 10.1 Å². The van der Waals surface area contributed by atoms with Crippen LogP contribution in [-0.2, 0) is 6.54 Å². The van der Waals surface area contributed by atoms with Crippen molar-refractivity contribution in [3.05, 3.63) is 59.4 Å². The Morgan fingerprint density at radius 1 is 1.24 bits per heavy atom. The number of carbonyl (C=O) groups excluding carboxylic acids is 1. The van der Waals surface area contributed by atoms with E-state index < -0.39 is 5.82 Å². The van der Waals surface area contributed by atoms with Crippen LogP contribution in [0, 0.1) is 5.82 Å². The number of nitrogens with two attached hydrogens (primary N) is 1. The third-order valence-electron chi connectivity index (χ3n) is 3.17. The molecule has 0 spiro atoms. The fraction of sp³-hybridized carbons (Fsp3) is 0.188. The molecular weight excluding hydrogens is 271 g/mol. The average Bonchev–Trinajstić information content (AvgIpc) is 2.50. The standard InChI is InChI=1S/C16H17FN2O2/c1-19(10-11-3-6-13(21-2)7-4-11)16(20)12-5-8-14(17)15(18)9-12/h3-9H,10,18H2,1-2H3. The molecule has 0 aliphatic rings. The Labute approximate surface area is 122 Å². The van der Waals surface area contributed by atoms with E-state index in [9.17, 15) is 9.18 Å². The highest BCUT2D eigenvalue weighted by atomic mass is 19.1. The van der Waals surface area contributed by atoms with Crippen molar-refractivity contribution in [3.8, 4) is 5.75 Å². The predicted octanol–water partition coefficient (Wildman–Crippen LogP) is 2.69. The molecule has 110 valence electrons. The zero-order valence-corrected chi connectivity index (χ0v) is 12.0. The molecule has 0 bridgehead atoms. The Hall–Kier alpha value is -2.56. The van der Waals surface area contributed by atoms with Gasteiger partial charge in [-0.2, -0.15) is 0 Å². The molecule has 2 aromatic carbocycles. The van der Waals surface area contributed by atoms with Gasteiger partial charge in [-0.3, -0.25) is 4.79 Å². The van der Waals surface area contributed by atoms with Gasteiger partial charge in [0.15, 0.2) is 0 Å². The lowest BCUT2D eigenvalue weighted by atomic mass is 10.1. The van der Waals surface area contributed by atoms with E-state index in [1.54, 1.807) is 19.1 Å². The minimum Gasteiger partial charge on any atom is -0.497 e. The highest BCUT2D eigenvalue weighted by Gasteiger charge is 2.13. The van der Waals surface area contributed by atoms with Gasteiger partial charge < -0.3 is 15.4 Å². The molecule has 2 rings (SSSR count). The lowest BCUT2D eigenvalue weighted by Gasteiger charge is -2.18. The molecule has 0 fully saturated rings. The SMILES string of the molecule is COc1ccc(CN(C)C(=O)c2ccc(F)c(N)c2)cc1. The normalized spacial score (nSPS) is 10.2. The van der Waals surface area contributed by atoms with Crippen molar-refractivity contribution in [1.82, 2.24) is 4.90 Å². The molecule has 0 saturated carbocycles. The van der Waals surface area contributed by atoms with Crippen LogP contribution in [-0.4, -0.2) is 25.0 Å². The third kappa shape index (κ3) is 3.51. The second kappa shape index (κ2) is 6.26. The Bertz CT molecular complexity index is 641. The minimum absolute atomic E-state index is 0.0290. The second-order valence-electron chi connectivity index (χ2n) is 4.75. The van der Waals surface area contributed by atoms with E-state index >= 15 is 0 Å². The van der Waals surface area contributed by atoms with E-state index in [1.165, 1.54) is 18.2 Å². The monoisotopic (exact) mass is 288 g/mol. The highest BCUT2D eigenvalue weighted by molar-refractivity contribution is 5.94. The van der Waals surface area contributed by atoms with Gasteiger partial charge in [0.2, 0.25) is 0 Å². The van der Waals surface area contributed by atoms with Crippen molar-refractivity contribution >= 4 is 11.6 Å². The summed E-state index contributed by atoms with van der Waals surface area (Å²) in [5.74, 6) is 0.0286. The second-order valence-corrected chi connectivity index (χ2v) is 4.75. The zero-order valence-electron chi connectivity index (χ0n) is 12.0. The van der Waals surface area contributed by atoms with Crippen LogP contribution in [0.25, 0.3) is 0 Å². The summed E-state index contributed by atoms with van der Waals surface area (Å²) >= 11 is 0. The molecule has 0 atom stereocenters. The van der Waals surface area contributed by atoms with Gasteiger partial charge in [0.05, 0.1) is 12.8 Å². The van der Waals surface area contributed by atoms with Gasteiger partial charge in [-0.05, 0) is 35.9 Å². The molecule has 0 aliphatic carbocycles. The average molecular weight is 288 g/mol. The summed E-state index contributed by atoms with van der Waals surface area (Å²) in [6.45, 7) is 0.445. The van der Waals surface area contributed by atoms with Crippen molar-refractivity contribution in [2.24, 2.45) is 0 Å². The topological polar surface area (TPSA) is 55.6 Å². The summed E-state index contributed by atoms with van der Waals surface area (Å²) in [5.41, 5.74) is 6.79. The van der Waals surface area contributed by atoms with Crippen LogP contribution in [0.5, 0.6) is 5.75 Å². The van der Waals surface area contributed by atoms with Gasteiger partial charge in [-0.25, -0.2) is 4.39 Å². The number of hydrogen-bond acceptors (Lipinski definition) is 3. The molecule has 2 aromatic rings. The Morgan fingerprint density at radius 3 is 2.48 bits per heavy atom. The number of nitrogens with zero attached hydrogens (tertiary/aromatic N) is 1. The number of amides is 1. The van der Waals surface area contributed by atoms with E-state index in [2.05, 4.69) is 0 Å². The maximum Gasteiger partial charge on any atom is 0.253 e. The first-order chi connectivity index (χ1) is 10.0.